The lowest BCUT2D eigenvalue weighted by Crippen LogP contribution is -2.54. The predicted octanol–water partition coefficient (Wildman–Crippen LogP) is 4.33. The summed E-state index contributed by atoms with van der Waals surface area (Å²) in [4.78, 5) is 29.1. The van der Waals surface area contributed by atoms with Crippen LogP contribution in [0.15, 0.2) is 48.0 Å². The number of hydrogen-bond donors (Lipinski definition) is 1. The average Bonchev–Trinajstić information content (AvgIpc) is 2.70. The molecule has 0 saturated carbocycles. The van der Waals surface area contributed by atoms with E-state index in [0.717, 1.165) is 24.3 Å². The van der Waals surface area contributed by atoms with Gasteiger partial charge in [-0.05, 0) is 74.5 Å². The van der Waals surface area contributed by atoms with Gasteiger partial charge in [-0.1, -0.05) is 29.8 Å². The highest BCUT2D eigenvalue weighted by Crippen LogP contribution is 2.29. The number of hydrogen-bond acceptors (Lipinski definition) is 4. The van der Waals surface area contributed by atoms with Gasteiger partial charge in [-0.15, -0.1) is 0 Å². The molecule has 29 heavy (non-hydrogen) atoms. The van der Waals surface area contributed by atoms with Gasteiger partial charge in [0.15, 0.2) is 5.11 Å². The summed E-state index contributed by atoms with van der Waals surface area (Å²) in [5, 5.41) is 3.16. The van der Waals surface area contributed by atoms with Crippen molar-refractivity contribution in [3.8, 4) is 0 Å². The highest BCUT2D eigenvalue weighted by molar-refractivity contribution is 7.80. The van der Waals surface area contributed by atoms with Crippen molar-refractivity contribution in [2.45, 2.75) is 20.8 Å². The Morgan fingerprint density at radius 3 is 2.38 bits per heavy atom. The molecule has 7 heteroatoms. The van der Waals surface area contributed by atoms with Gasteiger partial charge in [-0.2, -0.15) is 0 Å². The van der Waals surface area contributed by atoms with E-state index in [-0.39, 0.29) is 10.7 Å². The highest BCUT2D eigenvalue weighted by Gasteiger charge is 2.35. The Kier molecular flexibility index (Phi) is 6.35. The molecule has 2 aromatic rings. The van der Waals surface area contributed by atoms with Crippen LogP contribution in [0.25, 0.3) is 6.08 Å². The molecule has 1 aliphatic rings. The molecule has 0 unspecified atom stereocenters. The van der Waals surface area contributed by atoms with Crippen molar-refractivity contribution in [2.75, 3.05) is 22.9 Å². The van der Waals surface area contributed by atoms with Crippen molar-refractivity contribution < 1.29 is 9.59 Å². The van der Waals surface area contributed by atoms with Crippen LogP contribution in [-0.4, -0.2) is 30.0 Å². The summed E-state index contributed by atoms with van der Waals surface area (Å²) in [6.45, 7) is 7.81. The molecule has 3 rings (SSSR count). The number of thiocarbonyl (C=S) groups is 1. The van der Waals surface area contributed by atoms with E-state index in [1.54, 1.807) is 31.2 Å². The molecule has 0 radical (unpaired) electrons. The topological polar surface area (TPSA) is 52.7 Å². The summed E-state index contributed by atoms with van der Waals surface area (Å²) >= 11 is 11.5. The first-order chi connectivity index (χ1) is 13.9. The third kappa shape index (κ3) is 4.18. The molecule has 2 amide bonds. The predicted molar refractivity (Wildman–Crippen MR) is 122 cm³/mol. The molecule has 1 fully saturated rings. The maximum Gasteiger partial charge on any atom is 0.270 e. The zero-order valence-electron chi connectivity index (χ0n) is 16.5. The minimum atomic E-state index is -0.510. The lowest BCUT2D eigenvalue weighted by Gasteiger charge is -2.30. The van der Waals surface area contributed by atoms with E-state index in [4.69, 9.17) is 23.8 Å². The fourth-order valence-corrected chi connectivity index (χ4v) is 3.69. The van der Waals surface area contributed by atoms with Gasteiger partial charge in [-0.25, -0.2) is 0 Å². The number of benzene rings is 2. The molecule has 5 nitrogen and oxygen atoms in total. The van der Waals surface area contributed by atoms with E-state index in [1.807, 2.05) is 24.3 Å². The van der Waals surface area contributed by atoms with Crippen molar-refractivity contribution >= 4 is 58.2 Å². The van der Waals surface area contributed by atoms with Crippen molar-refractivity contribution in [1.82, 2.24) is 5.32 Å². The third-order valence-corrected chi connectivity index (χ3v) is 5.61. The minimum absolute atomic E-state index is 0.0218. The Morgan fingerprint density at radius 2 is 1.76 bits per heavy atom. The SMILES string of the molecule is CCN(CC)c1ccc(/C=C2/C(=O)NC(=S)N(c3cccc(Cl)c3C)C2=O)cc1. The Bertz CT molecular complexity index is 998. The Morgan fingerprint density at radius 1 is 1.10 bits per heavy atom. The fraction of sp³-hybridized carbons (Fsp3) is 0.227. The van der Waals surface area contributed by atoms with Crippen LogP contribution >= 0.6 is 23.8 Å². The summed E-state index contributed by atoms with van der Waals surface area (Å²) in [7, 11) is 0. The van der Waals surface area contributed by atoms with Gasteiger partial charge in [0.2, 0.25) is 0 Å². The smallest absolute Gasteiger partial charge is 0.270 e. The molecule has 0 bridgehead atoms. The Hall–Kier alpha value is -2.70. The van der Waals surface area contributed by atoms with Gasteiger partial charge in [-0.3, -0.25) is 19.8 Å². The molecule has 0 spiro atoms. The van der Waals surface area contributed by atoms with Crippen molar-refractivity contribution in [2.24, 2.45) is 0 Å². The fourth-order valence-electron chi connectivity index (χ4n) is 3.25. The van der Waals surface area contributed by atoms with Gasteiger partial charge >= 0.3 is 0 Å². The van der Waals surface area contributed by atoms with Crippen LogP contribution in [0.3, 0.4) is 0 Å². The largest absolute Gasteiger partial charge is 0.372 e. The van der Waals surface area contributed by atoms with Crippen molar-refractivity contribution in [3.63, 3.8) is 0 Å². The van der Waals surface area contributed by atoms with Crippen LogP contribution in [0, 0.1) is 6.92 Å². The normalized spacial score (nSPS) is 15.7. The van der Waals surface area contributed by atoms with Crippen LogP contribution in [0.4, 0.5) is 11.4 Å². The molecular weight excluding hydrogens is 406 g/mol. The number of rotatable bonds is 5. The lowest BCUT2D eigenvalue weighted by molar-refractivity contribution is -0.122. The average molecular weight is 428 g/mol. The number of anilines is 2. The number of nitrogens with one attached hydrogen (secondary N) is 1. The first-order valence-electron chi connectivity index (χ1n) is 9.39. The second-order valence-electron chi connectivity index (χ2n) is 6.61. The third-order valence-electron chi connectivity index (χ3n) is 4.91. The van der Waals surface area contributed by atoms with E-state index >= 15 is 0 Å². The lowest BCUT2D eigenvalue weighted by atomic mass is 10.1. The van der Waals surface area contributed by atoms with E-state index in [1.165, 1.54) is 4.90 Å². The summed E-state index contributed by atoms with van der Waals surface area (Å²) in [6, 6.07) is 13.0. The molecule has 0 atom stereocenters. The quantitative estimate of drug-likeness (QED) is 0.438. The van der Waals surface area contributed by atoms with Crippen LogP contribution in [0.5, 0.6) is 0 Å². The molecular formula is C22H22ClN3O2S. The number of amides is 2. The van der Waals surface area contributed by atoms with Gasteiger partial charge in [0.05, 0.1) is 5.69 Å². The van der Waals surface area contributed by atoms with Crippen molar-refractivity contribution in [3.05, 3.63) is 64.2 Å². The monoisotopic (exact) mass is 427 g/mol. The van der Waals surface area contributed by atoms with Crippen molar-refractivity contribution in [1.29, 1.82) is 0 Å². The summed E-state index contributed by atoms with van der Waals surface area (Å²) in [5.41, 5.74) is 3.14. The summed E-state index contributed by atoms with van der Waals surface area (Å²) in [5.74, 6) is -0.985. The van der Waals surface area contributed by atoms with Crippen LogP contribution in [-0.2, 0) is 9.59 Å². The van der Waals surface area contributed by atoms with E-state index in [9.17, 15) is 9.59 Å². The van der Waals surface area contributed by atoms with E-state index < -0.39 is 11.8 Å². The first kappa shape index (κ1) is 21.0. The minimum Gasteiger partial charge on any atom is -0.372 e. The highest BCUT2D eigenvalue weighted by atomic mass is 35.5. The second-order valence-corrected chi connectivity index (χ2v) is 7.40. The Labute approximate surface area is 180 Å². The zero-order valence-corrected chi connectivity index (χ0v) is 18.1. The summed E-state index contributed by atoms with van der Waals surface area (Å²) in [6.07, 6.45) is 1.58. The number of nitrogens with zero attached hydrogens (tertiary/aromatic N) is 2. The summed E-state index contributed by atoms with van der Waals surface area (Å²) < 4.78 is 0. The standard InChI is InChI=1S/C22H22ClN3O2S/c1-4-25(5-2)16-11-9-15(10-12-16)13-17-20(27)24-22(29)26(21(17)28)19-8-6-7-18(23)14(19)3/h6-13H,4-5H2,1-3H3,(H,24,27,29)/b17-13-. The first-order valence-corrected chi connectivity index (χ1v) is 10.2. The molecule has 0 aliphatic carbocycles. The van der Waals surface area contributed by atoms with E-state index in [0.29, 0.717) is 16.3 Å². The maximum atomic E-state index is 13.1. The number of carbonyl (C=O) groups excluding carboxylic acids is 2. The molecule has 1 N–H and O–H groups in total. The Balaban J connectivity index is 1.96. The number of carbonyl (C=O) groups is 2. The van der Waals surface area contributed by atoms with Gasteiger partial charge in [0.25, 0.3) is 11.8 Å². The van der Waals surface area contributed by atoms with Crippen LogP contribution < -0.4 is 15.1 Å². The number of halogens is 1. The molecule has 0 aromatic heterocycles. The zero-order chi connectivity index (χ0) is 21.1. The van der Waals surface area contributed by atoms with Crippen LogP contribution in [0.2, 0.25) is 5.02 Å². The molecule has 1 saturated heterocycles. The maximum absolute atomic E-state index is 13.1. The molecule has 1 aliphatic heterocycles. The van der Waals surface area contributed by atoms with E-state index in [2.05, 4.69) is 24.1 Å². The van der Waals surface area contributed by atoms with Gasteiger partial charge in [0, 0.05) is 23.8 Å². The second kappa shape index (κ2) is 8.76. The van der Waals surface area contributed by atoms with Gasteiger partial charge < -0.3 is 4.90 Å². The van der Waals surface area contributed by atoms with Crippen LogP contribution in [0.1, 0.15) is 25.0 Å². The molecule has 1 heterocycles. The van der Waals surface area contributed by atoms with Gasteiger partial charge in [0.1, 0.15) is 5.57 Å². The molecule has 2 aromatic carbocycles. The molecule has 150 valence electrons.